The van der Waals surface area contributed by atoms with Gasteiger partial charge in [0.2, 0.25) is 10.0 Å². The van der Waals surface area contributed by atoms with Gasteiger partial charge in [0.05, 0.1) is 24.2 Å². The average molecular weight is 417 g/mol. The zero-order chi connectivity index (χ0) is 21.0. The lowest BCUT2D eigenvalue weighted by atomic mass is 10.0. The number of nitrogens with zero attached hydrogens (tertiary/aromatic N) is 1. The molecule has 1 amide bonds. The molecule has 2 aromatic carbocycles. The van der Waals surface area contributed by atoms with E-state index in [4.69, 9.17) is 4.74 Å². The molecule has 6 nitrogen and oxygen atoms in total. The number of sulfonamides is 1. The number of morpholine rings is 1. The van der Waals surface area contributed by atoms with Crippen LogP contribution < -0.4 is 5.32 Å². The average Bonchev–Trinajstić information content (AvgIpc) is 2.73. The summed E-state index contributed by atoms with van der Waals surface area (Å²) in [5.41, 5.74) is 3.15. The molecule has 3 rings (SSSR count). The van der Waals surface area contributed by atoms with Crippen molar-refractivity contribution in [2.45, 2.75) is 38.1 Å². The van der Waals surface area contributed by atoms with E-state index in [0.717, 1.165) is 17.5 Å². The summed E-state index contributed by atoms with van der Waals surface area (Å²) in [5, 5.41) is 3.03. The van der Waals surface area contributed by atoms with E-state index in [0.29, 0.717) is 37.4 Å². The third kappa shape index (κ3) is 4.86. The van der Waals surface area contributed by atoms with Gasteiger partial charge in [-0.1, -0.05) is 42.8 Å². The van der Waals surface area contributed by atoms with Crippen LogP contribution in [-0.2, 0) is 14.8 Å². The van der Waals surface area contributed by atoms with E-state index in [1.165, 1.54) is 10.4 Å². The molecule has 0 radical (unpaired) electrons. The number of hydrogen-bond acceptors (Lipinski definition) is 4. The standard InChI is InChI=1S/C22H28N2O4S/c1-4-20(18-8-5-16(2)6-9-18)23-22(25)19-10-7-17(3)21(15-19)29(26,27)24-11-13-28-14-12-24/h5-10,15,20H,4,11-14H2,1-3H3,(H,23,25). The van der Waals surface area contributed by atoms with Gasteiger partial charge in [0.1, 0.15) is 0 Å². The lowest BCUT2D eigenvalue weighted by molar-refractivity contribution is 0.0730. The highest BCUT2D eigenvalue weighted by atomic mass is 32.2. The molecule has 1 heterocycles. The third-order valence-corrected chi connectivity index (χ3v) is 7.27. The second-order valence-corrected chi connectivity index (χ2v) is 9.25. The van der Waals surface area contributed by atoms with Crippen molar-refractivity contribution < 1.29 is 17.9 Å². The van der Waals surface area contributed by atoms with E-state index in [-0.39, 0.29) is 16.8 Å². The van der Waals surface area contributed by atoms with Gasteiger partial charge in [0, 0.05) is 18.7 Å². The monoisotopic (exact) mass is 416 g/mol. The molecule has 0 aliphatic carbocycles. The number of carbonyl (C=O) groups is 1. The number of rotatable bonds is 6. The summed E-state index contributed by atoms with van der Waals surface area (Å²) in [4.78, 5) is 13.1. The molecular formula is C22H28N2O4S. The van der Waals surface area contributed by atoms with E-state index in [1.54, 1.807) is 19.1 Å². The van der Waals surface area contributed by atoms with Gasteiger partial charge in [-0.25, -0.2) is 8.42 Å². The topological polar surface area (TPSA) is 75.7 Å². The van der Waals surface area contributed by atoms with E-state index in [1.807, 2.05) is 38.1 Å². The molecule has 7 heteroatoms. The molecule has 1 aliphatic heterocycles. The maximum atomic E-state index is 13.1. The lowest BCUT2D eigenvalue weighted by Gasteiger charge is -2.27. The number of hydrogen-bond donors (Lipinski definition) is 1. The van der Waals surface area contributed by atoms with Crippen molar-refractivity contribution in [3.8, 4) is 0 Å². The summed E-state index contributed by atoms with van der Waals surface area (Å²) in [6.07, 6.45) is 0.736. The van der Waals surface area contributed by atoms with Gasteiger partial charge in [-0.2, -0.15) is 4.31 Å². The number of amides is 1. The number of benzene rings is 2. The van der Waals surface area contributed by atoms with E-state index in [2.05, 4.69) is 5.32 Å². The molecule has 2 aromatic rings. The lowest BCUT2D eigenvalue weighted by Crippen LogP contribution is -2.41. The van der Waals surface area contributed by atoms with Gasteiger partial charge < -0.3 is 10.1 Å². The molecule has 29 heavy (non-hydrogen) atoms. The number of carbonyl (C=O) groups excluding carboxylic acids is 1. The van der Waals surface area contributed by atoms with Gasteiger partial charge in [0.25, 0.3) is 5.91 Å². The second-order valence-electron chi connectivity index (χ2n) is 7.34. The fourth-order valence-electron chi connectivity index (χ4n) is 3.41. The van der Waals surface area contributed by atoms with Crippen LogP contribution in [0.1, 0.15) is 46.4 Å². The smallest absolute Gasteiger partial charge is 0.251 e. The maximum absolute atomic E-state index is 13.1. The van der Waals surface area contributed by atoms with Crippen LogP contribution in [0.3, 0.4) is 0 Å². The Morgan fingerprint density at radius 2 is 1.76 bits per heavy atom. The molecule has 1 unspecified atom stereocenters. The number of aryl methyl sites for hydroxylation is 2. The molecule has 1 atom stereocenters. The van der Waals surface area contributed by atoms with Crippen LogP contribution in [0.5, 0.6) is 0 Å². The highest BCUT2D eigenvalue weighted by Gasteiger charge is 2.28. The van der Waals surface area contributed by atoms with Crippen molar-refractivity contribution in [3.63, 3.8) is 0 Å². The molecule has 0 spiro atoms. The normalized spacial score (nSPS) is 16.4. The molecule has 1 saturated heterocycles. The summed E-state index contributed by atoms with van der Waals surface area (Å²) in [6, 6.07) is 12.8. The molecule has 1 fully saturated rings. The number of ether oxygens (including phenoxy) is 1. The molecule has 0 aromatic heterocycles. The minimum atomic E-state index is -3.67. The van der Waals surface area contributed by atoms with Crippen LogP contribution >= 0.6 is 0 Å². The Hall–Kier alpha value is -2.22. The highest BCUT2D eigenvalue weighted by Crippen LogP contribution is 2.23. The zero-order valence-electron chi connectivity index (χ0n) is 17.1. The predicted molar refractivity (Wildman–Crippen MR) is 112 cm³/mol. The largest absolute Gasteiger partial charge is 0.379 e. The van der Waals surface area contributed by atoms with Crippen LogP contribution in [0.15, 0.2) is 47.4 Å². The SMILES string of the molecule is CCC(NC(=O)c1ccc(C)c(S(=O)(=O)N2CCOCC2)c1)c1ccc(C)cc1. The van der Waals surface area contributed by atoms with Crippen molar-refractivity contribution in [1.82, 2.24) is 9.62 Å². The van der Waals surface area contributed by atoms with Crippen LogP contribution in [0, 0.1) is 13.8 Å². The van der Waals surface area contributed by atoms with E-state index in [9.17, 15) is 13.2 Å². The summed E-state index contributed by atoms with van der Waals surface area (Å²) in [6.45, 7) is 7.18. The molecule has 1 aliphatic rings. The Balaban J connectivity index is 1.84. The van der Waals surface area contributed by atoms with Gasteiger partial charge in [-0.15, -0.1) is 0 Å². The highest BCUT2D eigenvalue weighted by molar-refractivity contribution is 7.89. The van der Waals surface area contributed by atoms with E-state index >= 15 is 0 Å². The fraction of sp³-hybridized carbons (Fsp3) is 0.409. The summed E-state index contributed by atoms with van der Waals surface area (Å²) >= 11 is 0. The summed E-state index contributed by atoms with van der Waals surface area (Å²) in [7, 11) is -3.67. The zero-order valence-corrected chi connectivity index (χ0v) is 18.0. The van der Waals surface area contributed by atoms with Crippen molar-refractivity contribution in [1.29, 1.82) is 0 Å². The Labute approximate surface area is 172 Å². The first-order chi connectivity index (χ1) is 13.8. The van der Waals surface area contributed by atoms with Crippen molar-refractivity contribution in [3.05, 3.63) is 64.7 Å². The van der Waals surface area contributed by atoms with Crippen molar-refractivity contribution >= 4 is 15.9 Å². The molecular weight excluding hydrogens is 388 g/mol. The van der Waals surface area contributed by atoms with Crippen molar-refractivity contribution in [2.24, 2.45) is 0 Å². The first-order valence-electron chi connectivity index (χ1n) is 9.89. The van der Waals surface area contributed by atoms with Crippen LogP contribution in [0.25, 0.3) is 0 Å². The summed E-state index contributed by atoms with van der Waals surface area (Å²) < 4.78 is 32.8. The van der Waals surface area contributed by atoms with Gasteiger partial charge in [-0.05, 0) is 43.5 Å². The second kappa shape index (κ2) is 9.07. The Morgan fingerprint density at radius 3 is 2.38 bits per heavy atom. The first kappa shape index (κ1) is 21.5. The van der Waals surface area contributed by atoms with E-state index < -0.39 is 10.0 Å². The Morgan fingerprint density at radius 1 is 1.10 bits per heavy atom. The number of nitrogens with one attached hydrogen (secondary N) is 1. The minimum absolute atomic E-state index is 0.135. The Kier molecular flexibility index (Phi) is 6.72. The first-order valence-corrected chi connectivity index (χ1v) is 11.3. The quantitative estimate of drug-likeness (QED) is 0.785. The molecule has 1 N–H and O–H groups in total. The molecule has 156 valence electrons. The fourth-order valence-corrected chi connectivity index (χ4v) is 5.07. The van der Waals surface area contributed by atoms with Crippen LogP contribution in [0.2, 0.25) is 0 Å². The van der Waals surface area contributed by atoms with Crippen molar-refractivity contribution in [2.75, 3.05) is 26.3 Å². The minimum Gasteiger partial charge on any atom is -0.379 e. The predicted octanol–water partition coefficient (Wildman–Crippen LogP) is 3.21. The third-order valence-electron chi connectivity index (χ3n) is 5.23. The summed E-state index contributed by atoms with van der Waals surface area (Å²) in [5.74, 6) is -0.282. The van der Waals surface area contributed by atoms with Crippen LogP contribution in [0.4, 0.5) is 0 Å². The molecule has 0 saturated carbocycles. The van der Waals surface area contributed by atoms with Gasteiger partial charge in [-0.3, -0.25) is 4.79 Å². The van der Waals surface area contributed by atoms with Gasteiger partial charge in [0.15, 0.2) is 0 Å². The Bertz CT molecular complexity index is 965. The maximum Gasteiger partial charge on any atom is 0.251 e. The molecule has 0 bridgehead atoms. The van der Waals surface area contributed by atoms with Crippen LogP contribution in [-0.4, -0.2) is 44.9 Å². The van der Waals surface area contributed by atoms with Gasteiger partial charge >= 0.3 is 0 Å².